The van der Waals surface area contributed by atoms with E-state index < -0.39 is 29.7 Å². The van der Waals surface area contributed by atoms with Crippen LogP contribution in [-0.4, -0.2) is 34.6 Å². The highest BCUT2D eigenvalue weighted by Gasteiger charge is 2.25. The first-order valence-corrected chi connectivity index (χ1v) is 10.3. The molecule has 0 aliphatic rings. The Morgan fingerprint density at radius 2 is 2.00 bits per heavy atom. The van der Waals surface area contributed by atoms with Gasteiger partial charge in [0, 0.05) is 13.1 Å². The van der Waals surface area contributed by atoms with Crippen LogP contribution in [0.4, 0.5) is 11.5 Å². The Morgan fingerprint density at radius 1 is 1.28 bits per heavy atom. The molecule has 0 fully saturated rings. The molecule has 10 heteroatoms. The predicted molar refractivity (Wildman–Crippen MR) is 113 cm³/mol. The summed E-state index contributed by atoms with van der Waals surface area (Å²) in [5.74, 6) is -1.26. The van der Waals surface area contributed by atoms with E-state index in [4.69, 9.17) is 10.5 Å². The number of aromatic amines is 1. The zero-order valence-electron chi connectivity index (χ0n) is 16.8. The summed E-state index contributed by atoms with van der Waals surface area (Å²) in [6, 6.07) is 1.79. The molecule has 0 saturated heterocycles. The topological polar surface area (TPSA) is 127 Å². The molecule has 0 aromatic carbocycles. The van der Waals surface area contributed by atoms with Crippen LogP contribution < -0.4 is 21.9 Å². The van der Waals surface area contributed by atoms with E-state index in [1.807, 2.05) is 13.8 Å². The molecule has 158 valence electrons. The minimum absolute atomic E-state index is 0.0783. The number of anilines is 2. The van der Waals surface area contributed by atoms with Gasteiger partial charge in [-0.3, -0.25) is 19.1 Å². The fourth-order valence-corrected chi connectivity index (χ4v) is 3.63. The summed E-state index contributed by atoms with van der Waals surface area (Å²) in [6.45, 7) is 5.56. The average molecular weight is 423 g/mol. The van der Waals surface area contributed by atoms with Crippen LogP contribution in [-0.2, 0) is 16.1 Å². The normalized spacial score (nSPS) is 10.7. The molecule has 0 aliphatic carbocycles. The average Bonchev–Trinajstić information content (AvgIpc) is 3.11. The number of nitrogens with two attached hydrogens (primary N) is 1. The fraction of sp³-hybridized carbons (Fsp3) is 0.474. The summed E-state index contributed by atoms with van der Waals surface area (Å²) in [5, 5.41) is 1.76. The van der Waals surface area contributed by atoms with Crippen LogP contribution in [0.5, 0.6) is 0 Å². The number of rotatable bonds is 9. The molecule has 9 nitrogen and oxygen atoms in total. The molecular weight excluding hydrogens is 396 g/mol. The molecule has 0 spiro atoms. The monoisotopic (exact) mass is 422 g/mol. The largest absolute Gasteiger partial charge is 0.451 e. The first-order valence-electron chi connectivity index (χ1n) is 9.45. The summed E-state index contributed by atoms with van der Waals surface area (Å²) in [6.07, 6.45) is 2.00. The molecular formula is C19H26N4O5S. The lowest BCUT2D eigenvalue weighted by Crippen LogP contribution is -2.43. The van der Waals surface area contributed by atoms with Gasteiger partial charge in [0.05, 0.1) is 0 Å². The number of nitrogens with zero attached hydrogens (tertiary/aromatic N) is 2. The Hall–Kier alpha value is -2.88. The summed E-state index contributed by atoms with van der Waals surface area (Å²) >= 11 is 1.23. The quantitative estimate of drug-likeness (QED) is 0.594. The van der Waals surface area contributed by atoms with Gasteiger partial charge in [0.2, 0.25) is 0 Å². The van der Waals surface area contributed by atoms with Gasteiger partial charge in [-0.25, -0.2) is 9.59 Å². The number of thiophene rings is 1. The number of aromatic nitrogens is 2. The van der Waals surface area contributed by atoms with Gasteiger partial charge in [-0.2, -0.15) is 0 Å². The van der Waals surface area contributed by atoms with Gasteiger partial charge in [0.15, 0.2) is 12.3 Å². The van der Waals surface area contributed by atoms with Crippen LogP contribution in [0.3, 0.4) is 0 Å². The van der Waals surface area contributed by atoms with Crippen molar-refractivity contribution in [3.05, 3.63) is 42.7 Å². The molecule has 0 saturated carbocycles. The lowest BCUT2D eigenvalue weighted by atomic mass is 10.2. The molecule has 0 radical (unpaired) electrons. The molecule has 2 heterocycles. The number of carbonyl (C=O) groups excluding carboxylic acids is 2. The van der Waals surface area contributed by atoms with Crippen LogP contribution in [0, 0.1) is 6.92 Å². The van der Waals surface area contributed by atoms with Crippen molar-refractivity contribution in [2.24, 2.45) is 0 Å². The van der Waals surface area contributed by atoms with Crippen molar-refractivity contribution in [2.75, 3.05) is 23.8 Å². The standard InChI is InChI=1S/C19H26N4O5S/c1-4-6-9-22(13(24)11-28-18(26)15-12(3)7-10-29-15)14-16(20)23(8-5-2)19(27)21-17(14)25/h7,10H,4-6,8-9,11,20H2,1-3H3,(H,21,25,27). The first-order chi connectivity index (χ1) is 13.8. The number of nitrogens with one attached hydrogen (secondary N) is 1. The number of aryl methyl sites for hydroxylation is 1. The minimum Gasteiger partial charge on any atom is -0.451 e. The maximum Gasteiger partial charge on any atom is 0.349 e. The molecule has 29 heavy (non-hydrogen) atoms. The van der Waals surface area contributed by atoms with Crippen LogP contribution >= 0.6 is 11.3 Å². The number of unbranched alkanes of at least 4 members (excludes halogenated alkanes) is 1. The Balaban J connectivity index is 2.31. The van der Waals surface area contributed by atoms with Crippen molar-refractivity contribution in [3.8, 4) is 0 Å². The third-order valence-electron chi connectivity index (χ3n) is 4.34. The van der Waals surface area contributed by atoms with Gasteiger partial charge in [0.25, 0.3) is 11.5 Å². The summed E-state index contributed by atoms with van der Waals surface area (Å²) < 4.78 is 6.38. The second kappa shape index (κ2) is 10.1. The van der Waals surface area contributed by atoms with Gasteiger partial charge in [-0.1, -0.05) is 20.3 Å². The number of H-pyrrole nitrogens is 1. The van der Waals surface area contributed by atoms with Crippen molar-refractivity contribution < 1.29 is 14.3 Å². The number of carbonyl (C=O) groups is 2. The van der Waals surface area contributed by atoms with E-state index in [-0.39, 0.29) is 18.1 Å². The van der Waals surface area contributed by atoms with Crippen molar-refractivity contribution in [1.82, 2.24) is 9.55 Å². The number of amides is 1. The number of hydrogen-bond donors (Lipinski definition) is 2. The Morgan fingerprint density at radius 3 is 2.59 bits per heavy atom. The van der Waals surface area contributed by atoms with Crippen molar-refractivity contribution >= 4 is 34.7 Å². The Labute approximate surface area is 172 Å². The van der Waals surface area contributed by atoms with Crippen LogP contribution in [0.2, 0.25) is 0 Å². The van der Waals surface area contributed by atoms with Crippen molar-refractivity contribution in [3.63, 3.8) is 0 Å². The molecule has 2 aromatic heterocycles. The molecule has 0 atom stereocenters. The number of esters is 1. The summed E-state index contributed by atoms with van der Waals surface area (Å²) in [4.78, 5) is 53.3. The molecule has 2 rings (SSSR count). The highest BCUT2D eigenvalue weighted by molar-refractivity contribution is 7.12. The molecule has 1 amide bonds. The zero-order chi connectivity index (χ0) is 21.6. The zero-order valence-corrected chi connectivity index (χ0v) is 17.6. The molecule has 0 unspecified atom stereocenters. The third-order valence-corrected chi connectivity index (χ3v) is 5.34. The first kappa shape index (κ1) is 22.4. The van der Waals surface area contributed by atoms with E-state index in [0.29, 0.717) is 24.3 Å². The number of hydrogen-bond acceptors (Lipinski definition) is 7. The molecule has 0 aliphatic heterocycles. The SMILES string of the molecule is CCCCN(C(=O)COC(=O)c1sccc1C)c1c(N)n(CCC)c(=O)[nH]c1=O. The highest BCUT2D eigenvalue weighted by atomic mass is 32.1. The van der Waals surface area contributed by atoms with Crippen molar-refractivity contribution in [1.29, 1.82) is 0 Å². The summed E-state index contributed by atoms with van der Waals surface area (Å²) in [5.41, 5.74) is 5.38. The van der Waals surface area contributed by atoms with Gasteiger partial charge < -0.3 is 15.4 Å². The smallest absolute Gasteiger partial charge is 0.349 e. The maximum atomic E-state index is 12.8. The summed E-state index contributed by atoms with van der Waals surface area (Å²) in [7, 11) is 0. The van der Waals surface area contributed by atoms with Gasteiger partial charge in [0.1, 0.15) is 10.7 Å². The number of ether oxygens (including phenoxy) is 1. The van der Waals surface area contributed by atoms with Crippen LogP contribution in [0.1, 0.15) is 48.3 Å². The van der Waals surface area contributed by atoms with Gasteiger partial charge in [-0.15, -0.1) is 11.3 Å². The molecule has 3 N–H and O–H groups in total. The van der Waals surface area contributed by atoms with Gasteiger partial charge in [-0.05, 0) is 36.8 Å². The van der Waals surface area contributed by atoms with E-state index in [1.54, 1.807) is 18.4 Å². The molecule has 2 aromatic rings. The predicted octanol–water partition coefficient (Wildman–Crippen LogP) is 1.89. The second-order valence-electron chi connectivity index (χ2n) is 6.55. The van der Waals surface area contributed by atoms with E-state index in [2.05, 4.69) is 4.98 Å². The highest BCUT2D eigenvalue weighted by Crippen LogP contribution is 2.19. The van der Waals surface area contributed by atoms with E-state index in [9.17, 15) is 19.2 Å². The maximum absolute atomic E-state index is 12.8. The minimum atomic E-state index is -0.746. The Bertz CT molecular complexity index is 991. The lowest BCUT2D eigenvalue weighted by molar-refractivity contribution is -0.121. The van der Waals surface area contributed by atoms with Crippen LogP contribution in [0.15, 0.2) is 21.0 Å². The van der Waals surface area contributed by atoms with E-state index in [1.165, 1.54) is 20.8 Å². The third kappa shape index (κ3) is 5.14. The van der Waals surface area contributed by atoms with Crippen molar-refractivity contribution in [2.45, 2.75) is 46.6 Å². The Kier molecular flexibility index (Phi) is 7.77. The van der Waals surface area contributed by atoms with E-state index in [0.717, 1.165) is 12.0 Å². The van der Waals surface area contributed by atoms with Crippen LogP contribution in [0.25, 0.3) is 0 Å². The molecule has 0 bridgehead atoms. The van der Waals surface area contributed by atoms with E-state index >= 15 is 0 Å². The fourth-order valence-electron chi connectivity index (χ4n) is 2.81. The van der Waals surface area contributed by atoms with Gasteiger partial charge >= 0.3 is 11.7 Å². The second-order valence-corrected chi connectivity index (χ2v) is 7.47. The lowest BCUT2D eigenvalue weighted by Gasteiger charge is -2.24. The number of nitrogen functional groups attached to an aromatic ring is 1.